The summed E-state index contributed by atoms with van der Waals surface area (Å²) in [6.45, 7) is 2.66. The van der Waals surface area contributed by atoms with Gasteiger partial charge in [0.2, 0.25) is 0 Å². The van der Waals surface area contributed by atoms with E-state index >= 15 is 0 Å². The molecule has 4 heteroatoms. The van der Waals surface area contributed by atoms with E-state index in [-0.39, 0.29) is 0 Å². The zero-order valence-electron chi connectivity index (χ0n) is 5.37. The number of β-amino-alcohol motifs (C(OH)–C–C–N with tert-alkyl or cyclic N) is 1. The van der Waals surface area contributed by atoms with Crippen LogP contribution in [0.1, 0.15) is 13.3 Å². The van der Waals surface area contributed by atoms with Gasteiger partial charge in [-0.25, -0.2) is 0 Å². The van der Waals surface area contributed by atoms with Gasteiger partial charge >= 0.3 is 0 Å². The molecule has 0 spiro atoms. The molecule has 9 heavy (non-hydrogen) atoms. The average molecular weight is 130 g/mol. The van der Waals surface area contributed by atoms with E-state index in [2.05, 4.69) is 5.29 Å². The fourth-order valence-electron chi connectivity index (χ4n) is 0.991. The maximum atomic E-state index is 9.86. The van der Waals surface area contributed by atoms with Crippen molar-refractivity contribution in [1.29, 1.82) is 0 Å². The lowest BCUT2D eigenvalue weighted by atomic mass is 10.1. The number of nitrogens with zero attached hydrogens (tertiary/aromatic N) is 2. The third-order valence-electron chi connectivity index (χ3n) is 1.55. The van der Waals surface area contributed by atoms with Gasteiger partial charge in [0, 0.05) is 6.54 Å². The fraction of sp³-hybridized carbons (Fsp3) is 1.00. The first-order chi connectivity index (χ1) is 4.14. The smallest absolute Gasteiger partial charge is 0.0829 e. The Labute approximate surface area is 53.4 Å². The SMILES string of the molecule is CC1(O)CCN(N=O)C1. The molecule has 1 atom stereocenters. The standard InChI is InChI=1S/C5H10N2O2/c1-5(8)2-3-7(4-5)6-9/h8H,2-4H2,1H3. The molecule has 0 radical (unpaired) electrons. The van der Waals surface area contributed by atoms with Crippen LogP contribution in [-0.2, 0) is 0 Å². The highest BCUT2D eigenvalue weighted by atomic mass is 16.3. The molecule has 0 aliphatic carbocycles. The van der Waals surface area contributed by atoms with Gasteiger partial charge in [-0.15, -0.1) is 4.91 Å². The molecule has 1 N–H and O–H groups in total. The van der Waals surface area contributed by atoms with E-state index < -0.39 is 5.60 Å². The molecule has 52 valence electrons. The van der Waals surface area contributed by atoms with Crippen molar-refractivity contribution in [2.24, 2.45) is 5.29 Å². The molecule has 1 unspecified atom stereocenters. The molecule has 1 aliphatic heterocycles. The molecule has 0 aromatic rings. The Morgan fingerprint density at radius 2 is 2.44 bits per heavy atom. The zero-order valence-corrected chi connectivity index (χ0v) is 5.37. The number of aliphatic hydroxyl groups is 1. The summed E-state index contributed by atoms with van der Waals surface area (Å²) in [6, 6.07) is 0. The summed E-state index contributed by atoms with van der Waals surface area (Å²) in [6.07, 6.45) is 0.638. The second-order valence-electron chi connectivity index (χ2n) is 2.72. The molecule has 0 aromatic carbocycles. The number of rotatable bonds is 1. The lowest BCUT2D eigenvalue weighted by molar-refractivity contribution is 0.0690. The minimum absolute atomic E-state index is 0.372. The molecule has 1 saturated heterocycles. The molecule has 0 aromatic heterocycles. The number of hydrogen-bond acceptors (Lipinski definition) is 3. The predicted octanol–water partition coefficient (Wildman–Crippen LogP) is 0.125. The third kappa shape index (κ3) is 1.38. The van der Waals surface area contributed by atoms with Gasteiger partial charge in [0.15, 0.2) is 0 Å². The van der Waals surface area contributed by atoms with Gasteiger partial charge in [-0.1, -0.05) is 0 Å². The Hall–Kier alpha value is -0.640. The summed E-state index contributed by atoms with van der Waals surface area (Å²) in [5.74, 6) is 0. The minimum atomic E-state index is -0.700. The van der Waals surface area contributed by atoms with Crippen LogP contribution in [0.4, 0.5) is 0 Å². The van der Waals surface area contributed by atoms with E-state index in [0.29, 0.717) is 19.5 Å². The summed E-state index contributed by atoms with van der Waals surface area (Å²) in [4.78, 5) is 9.86. The van der Waals surface area contributed by atoms with Crippen molar-refractivity contribution < 1.29 is 5.11 Å². The number of nitroso groups, excluding NO2 is 1. The van der Waals surface area contributed by atoms with Gasteiger partial charge in [0.05, 0.1) is 17.4 Å². The normalized spacial score (nSPS) is 35.1. The third-order valence-corrected chi connectivity index (χ3v) is 1.55. The summed E-state index contributed by atoms with van der Waals surface area (Å²) in [5.41, 5.74) is -0.700. The maximum Gasteiger partial charge on any atom is 0.0829 e. The first-order valence-electron chi connectivity index (χ1n) is 2.95. The molecule has 1 fully saturated rings. The van der Waals surface area contributed by atoms with Crippen LogP contribution in [0.3, 0.4) is 0 Å². The van der Waals surface area contributed by atoms with Crippen molar-refractivity contribution in [2.45, 2.75) is 18.9 Å². The predicted molar refractivity (Wildman–Crippen MR) is 32.6 cm³/mol. The van der Waals surface area contributed by atoms with Gasteiger partial charge in [-0.2, -0.15) is 0 Å². The summed E-state index contributed by atoms with van der Waals surface area (Å²) in [7, 11) is 0. The second kappa shape index (κ2) is 1.95. The summed E-state index contributed by atoms with van der Waals surface area (Å²) < 4.78 is 0. The van der Waals surface area contributed by atoms with Crippen LogP contribution >= 0.6 is 0 Å². The molecule has 1 aliphatic rings. The largest absolute Gasteiger partial charge is 0.388 e. The van der Waals surface area contributed by atoms with Gasteiger partial charge in [0.25, 0.3) is 0 Å². The van der Waals surface area contributed by atoms with Crippen molar-refractivity contribution in [3.05, 3.63) is 4.91 Å². The van der Waals surface area contributed by atoms with Crippen LogP contribution in [0, 0.1) is 4.91 Å². The Bertz CT molecular complexity index is 124. The van der Waals surface area contributed by atoms with E-state index in [4.69, 9.17) is 0 Å². The topological polar surface area (TPSA) is 52.9 Å². The highest BCUT2D eigenvalue weighted by molar-refractivity contribution is 4.83. The molecular formula is C5H10N2O2. The van der Waals surface area contributed by atoms with Crippen LogP contribution in [0.15, 0.2) is 5.29 Å². The van der Waals surface area contributed by atoms with Crippen molar-refractivity contribution >= 4 is 0 Å². The Morgan fingerprint density at radius 1 is 1.78 bits per heavy atom. The molecular weight excluding hydrogens is 120 g/mol. The van der Waals surface area contributed by atoms with Crippen molar-refractivity contribution in [2.75, 3.05) is 13.1 Å². The van der Waals surface area contributed by atoms with Gasteiger partial charge in [0.1, 0.15) is 0 Å². The fourth-order valence-corrected chi connectivity index (χ4v) is 0.991. The molecule has 4 nitrogen and oxygen atoms in total. The van der Waals surface area contributed by atoms with Gasteiger partial charge in [-0.05, 0) is 13.3 Å². The Balaban J connectivity index is 2.47. The lowest BCUT2D eigenvalue weighted by Crippen LogP contribution is -2.26. The van der Waals surface area contributed by atoms with E-state index in [1.54, 1.807) is 6.92 Å². The molecule has 1 heterocycles. The van der Waals surface area contributed by atoms with E-state index in [1.807, 2.05) is 0 Å². The van der Waals surface area contributed by atoms with Crippen LogP contribution in [0.25, 0.3) is 0 Å². The first-order valence-corrected chi connectivity index (χ1v) is 2.95. The molecule has 1 rings (SSSR count). The Morgan fingerprint density at radius 3 is 2.67 bits per heavy atom. The van der Waals surface area contributed by atoms with Crippen LogP contribution in [-0.4, -0.2) is 28.8 Å². The average Bonchev–Trinajstić information content (AvgIpc) is 2.10. The zero-order chi connectivity index (χ0) is 6.91. The number of hydrogen-bond donors (Lipinski definition) is 1. The van der Waals surface area contributed by atoms with Crippen molar-refractivity contribution in [3.8, 4) is 0 Å². The molecule has 0 bridgehead atoms. The van der Waals surface area contributed by atoms with E-state index in [1.165, 1.54) is 5.01 Å². The van der Waals surface area contributed by atoms with Crippen LogP contribution in [0.5, 0.6) is 0 Å². The van der Waals surface area contributed by atoms with Gasteiger partial charge < -0.3 is 5.11 Å². The second-order valence-corrected chi connectivity index (χ2v) is 2.72. The Kier molecular flexibility index (Phi) is 1.40. The van der Waals surface area contributed by atoms with Gasteiger partial charge in [-0.3, -0.25) is 5.01 Å². The lowest BCUT2D eigenvalue weighted by Gasteiger charge is -2.13. The monoisotopic (exact) mass is 130 g/mol. The highest BCUT2D eigenvalue weighted by Crippen LogP contribution is 2.19. The molecule has 0 amide bonds. The molecule has 0 saturated carbocycles. The maximum absolute atomic E-state index is 9.86. The first kappa shape index (κ1) is 6.48. The van der Waals surface area contributed by atoms with Crippen LogP contribution < -0.4 is 0 Å². The minimum Gasteiger partial charge on any atom is -0.388 e. The van der Waals surface area contributed by atoms with Crippen molar-refractivity contribution in [1.82, 2.24) is 5.01 Å². The van der Waals surface area contributed by atoms with E-state index in [0.717, 1.165) is 0 Å². The van der Waals surface area contributed by atoms with Crippen molar-refractivity contribution in [3.63, 3.8) is 0 Å². The van der Waals surface area contributed by atoms with E-state index in [9.17, 15) is 10.0 Å². The summed E-state index contributed by atoms with van der Waals surface area (Å²) >= 11 is 0. The highest BCUT2D eigenvalue weighted by Gasteiger charge is 2.31. The van der Waals surface area contributed by atoms with Crippen LogP contribution in [0.2, 0.25) is 0 Å². The quantitative estimate of drug-likeness (QED) is 0.513. The summed E-state index contributed by atoms with van der Waals surface area (Å²) in [5, 5.41) is 13.3.